The van der Waals surface area contributed by atoms with Crippen LogP contribution in [-0.4, -0.2) is 24.0 Å². The molecule has 1 N–H and O–H groups in total. The molecular formula is C15H15F3N2O4. The molecule has 0 fully saturated rings. The molecule has 130 valence electrons. The first-order chi connectivity index (χ1) is 11.2. The summed E-state index contributed by atoms with van der Waals surface area (Å²) in [6.45, 7) is 3.48. The number of nitrogens with one attached hydrogen (secondary N) is 1. The van der Waals surface area contributed by atoms with Crippen molar-refractivity contribution in [3.63, 3.8) is 0 Å². The van der Waals surface area contributed by atoms with Crippen LogP contribution in [0.4, 0.5) is 13.2 Å². The number of hydrogen-bond acceptors (Lipinski definition) is 5. The van der Waals surface area contributed by atoms with E-state index in [2.05, 4.69) is 15.2 Å². The van der Waals surface area contributed by atoms with Crippen molar-refractivity contribution in [2.45, 2.75) is 26.8 Å². The van der Waals surface area contributed by atoms with Gasteiger partial charge in [0, 0.05) is 12.1 Å². The summed E-state index contributed by atoms with van der Waals surface area (Å²) in [7, 11) is 0. The molecule has 0 bridgehead atoms. The van der Waals surface area contributed by atoms with Gasteiger partial charge in [0.1, 0.15) is 17.3 Å². The van der Waals surface area contributed by atoms with Gasteiger partial charge < -0.3 is 19.3 Å². The monoisotopic (exact) mass is 344 g/mol. The molecule has 1 aromatic carbocycles. The maximum absolute atomic E-state index is 12.0. The lowest BCUT2D eigenvalue weighted by Gasteiger charge is -2.10. The van der Waals surface area contributed by atoms with Crippen LogP contribution in [-0.2, 0) is 11.3 Å². The van der Waals surface area contributed by atoms with Gasteiger partial charge in [0.2, 0.25) is 0 Å². The van der Waals surface area contributed by atoms with Crippen LogP contribution in [0.1, 0.15) is 17.0 Å². The second-order valence-electron chi connectivity index (χ2n) is 4.89. The van der Waals surface area contributed by atoms with Crippen LogP contribution >= 0.6 is 0 Å². The summed E-state index contributed by atoms with van der Waals surface area (Å²) in [5, 5.41) is 6.41. The Balaban J connectivity index is 1.79. The lowest BCUT2D eigenvalue weighted by molar-refractivity contribution is -0.274. The summed E-state index contributed by atoms with van der Waals surface area (Å²) in [6.07, 6.45) is -4.75. The SMILES string of the molecule is Cc1noc(C)c1CNC(=O)COc1ccc(OC(F)(F)F)cc1. The Morgan fingerprint density at radius 1 is 1.21 bits per heavy atom. The summed E-state index contributed by atoms with van der Waals surface area (Å²) < 4.78 is 50.0. The fraction of sp³-hybridized carbons (Fsp3) is 0.333. The van der Waals surface area contributed by atoms with Crippen LogP contribution in [0.15, 0.2) is 28.8 Å². The standard InChI is InChI=1S/C15H15F3N2O4/c1-9-13(10(2)24-20-9)7-19-14(21)8-22-11-3-5-12(6-4-11)23-15(16,17)18/h3-6H,7-8H2,1-2H3,(H,19,21). The van der Waals surface area contributed by atoms with E-state index in [1.54, 1.807) is 13.8 Å². The molecule has 1 aromatic heterocycles. The molecule has 0 aliphatic rings. The molecule has 0 saturated heterocycles. The molecule has 24 heavy (non-hydrogen) atoms. The lowest BCUT2D eigenvalue weighted by atomic mass is 10.2. The molecule has 0 atom stereocenters. The van der Waals surface area contributed by atoms with Crippen molar-refractivity contribution >= 4 is 5.91 Å². The van der Waals surface area contributed by atoms with Crippen LogP contribution in [0.25, 0.3) is 0 Å². The zero-order valence-electron chi connectivity index (χ0n) is 12.9. The van der Waals surface area contributed by atoms with Crippen molar-refractivity contribution in [1.82, 2.24) is 10.5 Å². The first-order valence-corrected chi connectivity index (χ1v) is 6.91. The van der Waals surface area contributed by atoms with Gasteiger partial charge in [-0.05, 0) is 38.1 Å². The van der Waals surface area contributed by atoms with E-state index in [1.807, 2.05) is 0 Å². The van der Waals surface area contributed by atoms with Gasteiger partial charge in [-0.15, -0.1) is 13.2 Å². The number of amides is 1. The van der Waals surface area contributed by atoms with Crippen LogP contribution < -0.4 is 14.8 Å². The Bertz CT molecular complexity index is 676. The fourth-order valence-corrected chi connectivity index (χ4v) is 1.88. The Morgan fingerprint density at radius 2 is 1.83 bits per heavy atom. The Kier molecular flexibility index (Phi) is 5.32. The number of carbonyl (C=O) groups excluding carboxylic acids is 1. The van der Waals surface area contributed by atoms with E-state index in [-0.39, 0.29) is 30.6 Å². The highest BCUT2D eigenvalue weighted by atomic mass is 19.4. The number of hydrogen-bond donors (Lipinski definition) is 1. The number of nitrogens with zero attached hydrogens (tertiary/aromatic N) is 1. The summed E-state index contributed by atoms with van der Waals surface area (Å²) in [6, 6.07) is 4.76. The number of aromatic nitrogens is 1. The van der Waals surface area contributed by atoms with Crippen LogP contribution in [0, 0.1) is 13.8 Å². The Morgan fingerprint density at radius 3 is 2.38 bits per heavy atom. The van der Waals surface area contributed by atoms with E-state index >= 15 is 0 Å². The van der Waals surface area contributed by atoms with E-state index in [0.29, 0.717) is 11.5 Å². The molecule has 2 rings (SSSR count). The summed E-state index contributed by atoms with van der Waals surface area (Å²) in [5.74, 6) is 0.120. The van der Waals surface area contributed by atoms with E-state index in [1.165, 1.54) is 12.1 Å². The number of carbonyl (C=O) groups is 1. The van der Waals surface area contributed by atoms with Gasteiger partial charge in [-0.3, -0.25) is 4.79 Å². The third-order valence-corrected chi connectivity index (χ3v) is 3.07. The molecule has 0 spiro atoms. The van der Waals surface area contributed by atoms with E-state index in [4.69, 9.17) is 9.26 Å². The molecule has 0 radical (unpaired) electrons. The minimum absolute atomic E-state index is 0.247. The average Bonchev–Trinajstić information content (AvgIpc) is 2.82. The van der Waals surface area contributed by atoms with Gasteiger partial charge in [-0.25, -0.2) is 0 Å². The average molecular weight is 344 g/mol. The second-order valence-corrected chi connectivity index (χ2v) is 4.89. The van der Waals surface area contributed by atoms with Crippen molar-refractivity contribution in [3.05, 3.63) is 41.3 Å². The normalized spacial score (nSPS) is 11.2. The molecule has 0 saturated carbocycles. The predicted octanol–water partition coefficient (Wildman–Crippen LogP) is 2.89. The smallest absolute Gasteiger partial charge is 0.484 e. The van der Waals surface area contributed by atoms with Crippen LogP contribution in [0.3, 0.4) is 0 Å². The molecule has 0 aliphatic carbocycles. The number of halogens is 3. The highest BCUT2D eigenvalue weighted by Crippen LogP contribution is 2.24. The minimum atomic E-state index is -4.75. The zero-order valence-corrected chi connectivity index (χ0v) is 12.9. The molecule has 0 aliphatic heterocycles. The Hall–Kier alpha value is -2.71. The maximum atomic E-state index is 12.0. The van der Waals surface area contributed by atoms with Crippen molar-refractivity contribution in [1.29, 1.82) is 0 Å². The van der Waals surface area contributed by atoms with Gasteiger partial charge in [-0.2, -0.15) is 0 Å². The summed E-state index contributed by atoms with van der Waals surface area (Å²) in [4.78, 5) is 11.7. The quantitative estimate of drug-likeness (QED) is 0.872. The number of alkyl halides is 3. The van der Waals surface area contributed by atoms with E-state index < -0.39 is 6.36 Å². The topological polar surface area (TPSA) is 73.6 Å². The minimum Gasteiger partial charge on any atom is -0.484 e. The predicted molar refractivity (Wildman–Crippen MR) is 76.4 cm³/mol. The summed E-state index contributed by atoms with van der Waals surface area (Å²) >= 11 is 0. The second kappa shape index (κ2) is 7.24. The first kappa shape index (κ1) is 17.6. The molecule has 2 aromatic rings. The van der Waals surface area contributed by atoms with Gasteiger partial charge >= 0.3 is 6.36 Å². The van der Waals surface area contributed by atoms with Gasteiger partial charge in [0.15, 0.2) is 6.61 Å². The molecule has 6 nitrogen and oxygen atoms in total. The van der Waals surface area contributed by atoms with Crippen molar-refractivity contribution in [3.8, 4) is 11.5 Å². The highest BCUT2D eigenvalue weighted by molar-refractivity contribution is 5.77. The fourth-order valence-electron chi connectivity index (χ4n) is 1.88. The molecule has 9 heteroatoms. The van der Waals surface area contributed by atoms with Crippen LogP contribution in [0.5, 0.6) is 11.5 Å². The van der Waals surface area contributed by atoms with Gasteiger partial charge in [0.05, 0.1) is 5.69 Å². The van der Waals surface area contributed by atoms with Crippen molar-refractivity contribution in [2.75, 3.05) is 6.61 Å². The Labute approximate surface area is 135 Å². The summed E-state index contributed by atoms with van der Waals surface area (Å²) in [5.41, 5.74) is 1.48. The molecule has 0 unspecified atom stereocenters. The molecule has 1 heterocycles. The number of benzene rings is 1. The van der Waals surface area contributed by atoms with E-state index in [9.17, 15) is 18.0 Å². The first-order valence-electron chi connectivity index (χ1n) is 6.91. The highest BCUT2D eigenvalue weighted by Gasteiger charge is 2.30. The van der Waals surface area contributed by atoms with Crippen LogP contribution in [0.2, 0.25) is 0 Å². The van der Waals surface area contributed by atoms with Gasteiger partial charge in [0.25, 0.3) is 5.91 Å². The third kappa shape index (κ3) is 5.18. The largest absolute Gasteiger partial charge is 0.573 e. The van der Waals surface area contributed by atoms with Crippen molar-refractivity contribution in [2.24, 2.45) is 0 Å². The zero-order chi connectivity index (χ0) is 17.7. The van der Waals surface area contributed by atoms with E-state index in [0.717, 1.165) is 17.7 Å². The molecular weight excluding hydrogens is 329 g/mol. The number of ether oxygens (including phenoxy) is 2. The maximum Gasteiger partial charge on any atom is 0.573 e. The van der Waals surface area contributed by atoms with Gasteiger partial charge in [-0.1, -0.05) is 5.16 Å². The van der Waals surface area contributed by atoms with Crippen molar-refractivity contribution < 1.29 is 32.0 Å². The number of aryl methyl sites for hydroxylation is 2. The third-order valence-electron chi connectivity index (χ3n) is 3.07. The molecule has 1 amide bonds. The number of rotatable bonds is 6. The lowest BCUT2D eigenvalue weighted by Crippen LogP contribution is -2.28.